The predicted octanol–water partition coefficient (Wildman–Crippen LogP) is -0.0992. The van der Waals surface area contributed by atoms with Crippen LogP contribution in [0.15, 0.2) is 59.5 Å². The van der Waals surface area contributed by atoms with E-state index in [-0.39, 0.29) is 5.91 Å². The summed E-state index contributed by atoms with van der Waals surface area (Å²) in [6.45, 7) is 2.86. The van der Waals surface area contributed by atoms with Crippen molar-refractivity contribution in [2.75, 3.05) is 39.8 Å². The summed E-state index contributed by atoms with van der Waals surface area (Å²) in [5.41, 5.74) is 1.00. The van der Waals surface area contributed by atoms with Crippen LogP contribution in [0.2, 0.25) is 0 Å². The van der Waals surface area contributed by atoms with E-state index in [1.54, 1.807) is 37.4 Å². The van der Waals surface area contributed by atoms with Crippen LogP contribution in [0, 0.1) is 0 Å². The van der Waals surface area contributed by atoms with Crippen LogP contribution in [-0.4, -0.2) is 58.5 Å². The van der Waals surface area contributed by atoms with E-state index < -0.39 is 10.0 Å². The fourth-order valence-corrected chi connectivity index (χ4v) is 4.66. The predicted molar refractivity (Wildman–Crippen MR) is 106 cm³/mol. The number of benzene rings is 2. The van der Waals surface area contributed by atoms with Gasteiger partial charge in [0.25, 0.3) is 5.91 Å². The first-order valence-electron chi connectivity index (χ1n) is 9.27. The molecule has 1 aliphatic rings. The molecular formula is C20H26N3O4S+. The molecule has 0 unspecified atom stereocenters. The number of amides is 1. The second-order valence-electron chi connectivity index (χ2n) is 6.77. The van der Waals surface area contributed by atoms with Crippen molar-refractivity contribution < 1.29 is 22.8 Å². The molecule has 0 saturated carbocycles. The Morgan fingerprint density at radius 3 is 2.32 bits per heavy atom. The lowest BCUT2D eigenvalue weighted by Crippen LogP contribution is -3.15. The average molecular weight is 405 g/mol. The zero-order valence-corrected chi connectivity index (χ0v) is 16.7. The lowest BCUT2D eigenvalue weighted by Gasteiger charge is -2.31. The summed E-state index contributed by atoms with van der Waals surface area (Å²) in [7, 11) is -1.84. The third-order valence-corrected chi connectivity index (χ3v) is 6.78. The van der Waals surface area contributed by atoms with Crippen molar-refractivity contribution in [3.05, 3.63) is 60.2 Å². The number of methoxy groups -OCH3 is 1. The minimum atomic E-state index is -3.46. The highest BCUT2D eigenvalue weighted by Crippen LogP contribution is 2.14. The van der Waals surface area contributed by atoms with Crippen LogP contribution in [-0.2, 0) is 21.4 Å². The summed E-state index contributed by atoms with van der Waals surface area (Å²) >= 11 is 0. The molecule has 1 aliphatic heterocycles. The molecule has 3 rings (SSSR count). The molecule has 2 aromatic rings. The molecule has 7 nitrogen and oxygen atoms in total. The molecule has 0 radical (unpaired) electrons. The number of rotatable bonds is 7. The van der Waals surface area contributed by atoms with E-state index >= 15 is 0 Å². The van der Waals surface area contributed by atoms with Gasteiger partial charge in [-0.2, -0.15) is 4.31 Å². The number of quaternary nitrogens is 1. The number of nitrogens with one attached hydrogen (secondary N) is 2. The molecular weight excluding hydrogens is 378 g/mol. The maximum Gasteiger partial charge on any atom is 0.275 e. The molecule has 0 aliphatic carbocycles. The van der Waals surface area contributed by atoms with Gasteiger partial charge in [0.2, 0.25) is 10.0 Å². The molecule has 0 atom stereocenters. The number of sulfonamides is 1. The van der Waals surface area contributed by atoms with Crippen molar-refractivity contribution in [3.8, 4) is 5.75 Å². The molecule has 150 valence electrons. The lowest BCUT2D eigenvalue weighted by atomic mass is 10.2. The largest absolute Gasteiger partial charge is 0.497 e. The molecule has 1 amide bonds. The summed E-state index contributed by atoms with van der Waals surface area (Å²) in [6, 6.07) is 16.0. The van der Waals surface area contributed by atoms with Crippen molar-refractivity contribution in [1.82, 2.24) is 9.62 Å². The smallest absolute Gasteiger partial charge is 0.275 e. The van der Waals surface area contributed by atoms with E-state index in [4.69, 9.17) is 4.74 Å². The summed E-state index contributed by atoms with van der Waals surface area (Å²) in [5.74, 6) is 0.744. The van der Waals surface area contributed by atoms with E-state index in [1.807, 2.05) is 24.3 Å². The molecule has 1 fully saturated rings. The van der Waals surface area contributed by atoms with Gasteiger partial charge in [0.1, 0.15) is 5.75 Å². The van der Waals surface area contributed by atoms with Crippen LogP contribution in [0.4, 0.5) is 0 Å². The average Bonchev–Trinajstić information content (AvgIpc) is 2.73. The Morgan fingerprint density at radius 2 is 1.71 bits per heavy atom. The van der Waals surface area contributed by atoms with Gasteiger partial charge in [-0.3, -0.25) is 4.79 Å². The second kappa shape index (κ2) is 9.18. The van der Waals surface area contributed by atoms with Gasteiger partial charge in [0.15, 0.2) is 6.54 Å². The maximum atomic E-state index is 12.6. The van der Waals surface area contributed by atoms with Crippen LogP contribution in [0.3, 0.4) is 0 Å². The SMILES string of the molecule is COc1ccc(CNC(=O)C[NH+]2CCN(S(=O)(=O)c3ccccc3)CC2)cc1. The highest BCUT2D eigenvalue weighted by Gasteiger charge is 2.30. The van der Waals surface area contributed by atoms with Gasteiger partial charge in [-0.15, -0.1) is 0 Å². The molecule has 2 N–H and O–H groups in total. The summed E-state index contributed by atoms with van der Waals surface area (Å²) in [5, 5.41) is 2.92. The Morgan fingerprint density at radius 1 is 1.07 bits per heavy atom. The van der Waals surface area contributed by atoms with Gasteiger partial charge in [0, 0.05) is 6.54 Å². The van der Waals surface area contributed by atoms with Crippen LogP contribution in [0.5, 0.6) is 5.75 Å². The van der Waals surface area contributed by atoms with Crippen LogP contribution in [0.1, 0.15) is 5.56 Å². The van der Waals surface area contributed by atoms with Gasteiger partial charge in [0.05, 0.1) is 38.2 Å². The Hall–Kier alpha value is -2.42. The lowest BCUT2D eigenvalue weighted by molar-refractivity contribution is -0.895. The number of carbonyl (C=O) groups excluding carboxylic acids is 1. The standard InChI is InChI=1S/C20H25N3O4S/c1-27-18-9-7-17(8-10-18)15-21-20(24)16-22-11-13-23(14-12-22)28(25,26)19-5-3-2-4-6-19/h2-10H,11-16H2,1H3,(H,21,24)/p+1. The topological polar surface area (TPSA) is 80.2 Å². The molecule has 28 heavy (non-hydrogen) atoms. The van der Waals surface area contributed by atoms with Gasteiger partial charge < -0.3 is 15.0 Å². The third-order valence-electron chi connectivity index (χ3n) is 4.87. The molecule has 2 aromatic carbocycles. The molecule has 0 spiro atoms. The number of ether oxygens (including phenoxy) is 1. The Balaban J connectivity index is 1.45. The molecule has 0 aromatic heterocycles. The van der Waals surface area contributed by atoms with Crippen molar-refractivity contribution in [1.29, 1.82) is 0 Å². The maximum absolute atomic E-state index is 12.6. The second-order valence-corrected chi connectivity index (χ2v) is 8.71. The van der Waals surface area contributed by atoms with Gasteiger partial charge in [-0.1, -0.05) is 30.3 Å². The Labute approximate surface area is 166 Å². The van der Waals surface area contributed by atoms with Crippen LogP contribution >= 0.6 is 0 Å². The van der Waals surface area contributed by atoms with Crippen molar-refractivity contribution in [2.24, 2.45) is 0 Å². The van der Waals surface area contributed by atoms with Crippen molar-refractivity contribution in [3.63, 3.8) is 0 Å². The van der Waals surface area contributed by atoms with Crippen LogP contribution < -0.4 is 15.0 Å². The molecule has 1 heterocycles. The van der Waals surface area contributed by atoms with E-state index in [1.165, 1.54) is 4.31 Å². The highest BCUT2D eigenvalue weighted by molar-refractivity contribution is 7.89. The molecule has 8 heteroatoms. The Kier molecular flexibility index (Phi) is 6.66. The van der Waals surface area contributed by atoms with Crippen LogP contribution in [0.25, 0.3) is 0 Å². The van der Waals surface area contributed by atoms with E-state index in [0.717, 1.165) is 16.2 Å². The number of hydrogen-bond acceptors (Lipinski definition) is 4. The van der Waals surface area contributed by atoms with Gasteiger partial charge >= 0.3 is 0 Å². The molecule has 0 bridgehead atoms. The first kappa shape index (κ1) is 20.3. The zero-order valence-electron chi connectivity index (χ0n) is 15.9. The van der Waals surface area contributed by atoms with Gasteiger partial charge in [-0.05, 0) is 29.8 Å². The number of hydrogen-bond donors (Lipinski definition) is 2. The first-order chi connectivity index (χ1) is 13.5. The van der Waals surface area contributed by atoms with E-state index in [0.29, 0.717) is 44.2 Å². The Bertz CT molecular complexity index is 877. The summed E-state index contributed by atoms with van der Waals surface area (Å²) in [6.07, 6.45) is 0. The van der Waals surface area contributed by atoms with Crippen molar-refractivity contribution >= 4 is 15.9 Å². The minimum Gasteiger partial charge on any atom is -0.497 e. The highest BCUT2D eigenvalue weighted by atomic mass is 32.2. The first-order valence-corrected chi connectivity index (χ1v) is 10.7. The fraction of sp³-hybridized carbons (Fsp3) is 0.350. The zero-order chi connectivity index (χ0) is 20.0. The quantitative estimate of drug-likeness (QED) is 0.676. The minimum absolute atomic E-state index is 0.0369. The monoisotopic (exact) mass is 404 g/mol. The number of piperazine rings is 1. The van der Waals surface area contributed by atoms with E-state index in [9.17, 15) is 13.2 Å². The number of nitrogens with zero attached hydrogens (tertiary/aromatic N) is 1. The fourth-order valence-electron chi connectivity index (χ4n) is 3.19. The van der Waals surface area contributed by atoms with Crippen molar-refractivity contribution in [2.45, 2.75) is 11.4 Å². The van der Waals surface area contributed by atoms with Gasteiger partial charge in [-0.25, -0.2) is 8.42 Å². The molecule has 1 saturated heterocycles. The normalized spacial score (nSPS) is 15.9. The summed E-state index contributed by atoms with van der Waals surface area (Å²) in [4.78, 5) is 13.6. The summed E-state index contributed by atoms with van der Waals surface area (Å²) < 4.78 is 31.9. The number of carbonyl (C=O) groups is 1. The van der Waals surface area contributed by atoms with E-state index in [2.05, 4.69) is 5.32 Å². The third kappa shape index (κ3) is 5.09.